The van der Waals surface area contributed by atoms with Gasteiger partial charge in [0.05, 0.1) is 11.7 Å². The van der Waals surface area contributed by atoms with Gasteiger partial charge in [-0.15, -0.1) is 0 Å². The number of fused-ring (bicyclic) bond motifs is 2. The number of hydrogen-bond acceptors (Lipinski definition) is 7. The van der Waals surface area contributed by atoms with Gasteiger partial charge >= 0.3 is 0 Å². The summed E-state index contributed by atoms with van der Waals surface area (Å²) in [4.78, 5) is 6.31. The van der Waals surface area contributed by atoms with Crippen molar-refractivity contribution in [2.75, 3.05) is 13.1 Å². The zero-order valence-electron chi connectivity index (χ0n) is 13.4. The van der Waals surface area contributed by atoms with E-state index in [1.54, 1.807) is 6.07 Å². The highest BCUT2D eigenvalue weighted by atomic mass is 32.2. The maximum Gasteiger partial charge on any atom is 0.246 e. The molecule has 0 aromatic carbocycles. The summed E-state index contributed by atoms with van der Waals surface area (Å²) in [5.74, 6) is 0.949. The van der Waals surface area contributed by atoms with Gasteiger partial charge in [0.15, 0.2) is 0 Å². The van der Waals surface area contributed by atoms with Gasteiger partial charge in [-0.05, 0) is 26.0 Å². The van der Waals surface area contributed by atoms with E-state index in [0.29, 0.717) is 19.6 Å². The molecule has 2 atom stereocenters. The van der Waals surface area contributed by atoms with E-state index in [4.69, 9.17) is 9.26 Å². The van der Waals surface area contributed by atoms with Crippen LogP contribution in [0.15, 0.2) is 27.7 Å². The van der Waals surface area contributed by atoms with Crippen LogP contribution < -0.4 is 9.46 Å². The van der Waals surface area contributed by atoms with Gasteiger partial charge in [0.25, 0.3) is 0 Å². The number of rotatable bonds is 2. The molecule has 4 rings (SSSR count). The normalized spacial score (nSPS) is 25.6. The van der Waals surface area contributed by atoms with Gasteiger partial charge in [-0.25, -0.2) is 18.1 Å². The fraction of sp³-hybridized carbons (Fsp3) is 0.467. The fourth-order valence-corrected chi connectivity index (χ4v) is 4.58. The highest BCUT2D eigenvalue weighted by Gasteiger charge is 2.41. The molecule has 9 heteroatoms. The van der Waals surface area contributed by atoms with Crippen LogP contribution in [0.5, 0.6) is 5.88 Å². The molecule has 0 saturated carbocycles. The average Bonchev–Trinajstić information content (AvgIpc) is 3.02. The third-order valence-electron chi connectivity index (χ3n) is 4.50. The molecular formula is C15H18N4O4S. The Labute approximate surface area is 139 Å². The standard InChI is InChI=1S/C15H18N4O4S/c1-9-11(10(2)23-17-9)6-19-7-12-13(8-19)22-15-14(4-3-5-16-15)24(20,21)18-12/h3-5,12-13,18H,6-8H2,1-2H3/t12-,13+/m1/s1. The minimum absolute atomic E-state index is 0.0941. The summed E-state index contributed by atoms with van der Waals surface area (Å²) in [6.07, 6.45) is 1.25. The van der Waals surface area contributed by atoms with Crippen molar-refractivity contribution in [3.8, 4) is 5.88 Å². The minimum atomic E-state index is -3.63. The van der Waals surface area contributed by atoms with Gasteiger partial charge in [-0.3, -0.25) is 4.90 Å². The highest BCUT2D eigenvalue weighted by Crippen LogP contribution is 2.29. The van der Waals surface area contributed by atoms with Crippen LogP contribution in [0.2, 0.25) is 0 Å². The summed E-state index contributed by atoms with van der Waals surface area (Å²) in [7, 11) is -3.63. The molecule has 2 aliphatic heterocycles. The second-order valence-electron chi connectivity index (χ2n) is 6.19. The Kier molecular flexibility index (Phi) is 3.59. The molecule has 0 unspecified atom stereocenters. The maximum absolute atomic E-state index is 12.5. The Balaban J connectivity index is 1.58. The molecule has 8 nitrogen and oxygen atoms in total. The number of nitrogens with one attached hydrogen (secondary N) is 1. The van der Waals surface area contributed by atoms with Crippen molar-refractivity contribution in [2.45, 2.75) is 37.4 Å². The topological polar surface area (TPSA) is 97.6 Å². The van der Waals surface area contributed by atoms with Crippen molar-refractivity contribution in [3.05, 3.63) is 35.3 Å². The molecule has 1 saturated heterocycles. The molecule has 2 aliphatic rings. The van der Waals surface area contributed by atoms with Crippen molar-refractivity contribution < 1.29 is 17.7 Å². The molecule has 0 spiro atoms. The first-order valence-corrected chi connectivity index (χ1v) is 9.20. The third-order valence-corrected chi connectivity index (χ3v) is 6.00. The molecule has 0 bridgehead atoms. The monoisotopic (exact) mass is 350 g/mol. The second-order valence-corrected chi connectivity index (χ2v) is 7.87. The van der Waals surface area contributed by atoms with E-state index in [9.17, 15) is 8.42 Å². The SMILES string of the molecule is Cc1noc(C)c1CN1C[C@@H]2Oc3ncccc3S(=O)(=O)N[C@@H]2C1. The van der Waals surface area contributed by atoms with Crippen molar-refractivity contribution in [3.63, 3.8) is 0 Å². The lowest BCUT2D eigenvalue weighted by atomic mass is 10.2. The summed E-state index contributed by atoms with van der Waals surface area (Å²) in [6.45, 7) is 5.59. The van der Waals surface area contributed by atoms with E-state index in [-0.39, 0.29) is 22.9 Å². The first-order chi connectivity index (χ1) is 11.4. The number of aryl methyl sites for hydroxylation is 2. The van der Waals surface area contributed by atoms with Crippen molar-refractivity contribution in [1.82, 2.24) is 19.8 Å². The Morgan fingerprint density at radius 2 is 2.21 bits per heavy atom. The van der Waals surface area contributed by atoms with Crippen molar-refractivity contribution >= 4 is 10.0 Å². The summed E-state index contributed by atoms with van der Waals surface area (Å²) in [5.41, 5.74) is 1.89. The van der Waals surface area contributed by atoms with E-state index >= 15 is 0 Å². The number of nitrogens with zero attached hydrogens (tertiary/aromatic N) is 3. The van der Waals surface area contributed by atoms with Crippen LogP contribution >= 0.6 is 0 Å². The van der Waals surface area contributed by atoms with Crippen LogP contribution in [0.3, 0.4) is 0 Å². The Bertz CT molecular complexity index is 860. The summed E-state index contributed by atoms with van der Waals surface area (Å²) in [5, 5.41) is 3.96. The molecule has 1 N–H and O–H groups in total. The van der Waals surface area contributed by atoms with E-state index in [1.807, 2.05) is 13.8 Å². The summed E-state index contributed by atoms with van der Waals surface area (Å²) < 4.78 is 38.8. The molecule has 0 aliphatic carbocycles. The number of likely N-dealkylation sites (tertiary alicyclic amines) is 1. The summed E-state index contributed by atoms with van der Waals surface area (Å²) >= 11 is 0. The molecule has 2 aromatic heterocycles. The van der Waals surface area contributed by atoms with Gasteiger partial charge in [0.2, 0.25) is 15.9 Å². The first-order valence-electron chi connectivity index (χ1n) is 7.72. The predicted molar refractivity (Wildman–Crippen MR) is 84.0 cm³/mol. The lowest BCUT2D eigenvalue weighted by Crippen LogP contribution is -2.42. The van der Waals surface area contributed by atoms with Crippen LogP contribution in [0.25, 0.3) is 0 Å². The zero-order chi connectivity index (χ0) is 16.9. The van der Waals surface area contributed by atoms with Crippen LogP contribution in [0.1, 0.15) is 17.0 Å². The average molecular weight is 350 g/mol. The molecule has 0 radical (unpaired) electrons. The van der Waals surface area contributed by atoms with Gasteiger partial charge in [0, 0.05) is 31.4 Å². The Hall–Kier alpha value is -1.97. The van der Waals surface area contributed by atoms with Crippen LogP contribution in [-0.2, 0) is 16.6 Å². The van der Waals surface area contributed by atoms with E-state index in [0.717, 1.165) is 17.0 Å². The molecule has 4 heterocycles. The maximum atomic E-state index is 12.5. The van der Waals surface area contributed by atoms with E-state index < -0.39 is 10.0 Å². The van der Waals surface area contributed by atoms with Gasteiger partial charge in [-0.1, -0.05) is 5.16 Å². The molecule has 128 valence electrons. The van der Waals surface area contributed by atoms with Gasteiger partial charge in [0.1, 0.15) is 16.8 Å². The van der Waals surface area contributed by atoms with Crippen molar-refractivity contribution in [1.29, 1.82) is 0 Å². The highest BCUT2D eigenvalue weighted by molar-refractivity contribution is 7.89. The van der Waals surface area contributed by atoms with Gasteiger partial charge in [-0.2, -0.15) is 0 Å². The van der Waals surface area contributed by atoms with Crippen molar-refractivity contribution in [2.24, 2.45) is 0 Å². The minimum Gasteiger partial charge on any atom is -0.470 e. The number of ether oxygens (including phenoxy) is 1. The number of hydrogen-bond donors (Lipinski definition) is 1. The Morgan fingerprint density at radius 1 is 1.38 bits per heavy atom. The number of aromatic nitrogens is 2. The lowest BCUT2D eigenvalue weighted by Gasteiger charge is -2.16. The van der Waals surface area contributed by atoms with Crippen LogP contribution in [-0.4, -0.2) is 48.7 Å². The predicted octanol–water partition coefficient (Wildman–Crippen LogP) is 0.610. The number of pyridine rings is 1. The smallest absolute Gasteiger partial charge is 0.246 e. The fourth-order valence-electron chi connectivity index (χ4n) is 3.24. The van der Waals surface area contributed by atoms with Crippen LogP contribution in [0.4, 0.5) is 0 Å². The second kappa shape index (κ2) is 5.54. The zero-order valence-corrected chi connectivity index (χ0v) is 14.2. The summed E-state index contributed by atoms with van der Waals surface area (Å²) in [6, 6.07) is 2.78. The molecular weight excluding hydrogens is 332 g/mol. The molecule has 24 heavy (non-hydrogen) atoms. The molecule has 0 amide bonds. The van der Waals surface area contributed by atoms with E-state index in [2.05, 4.69) is 19.8 Å². The van der Waals surface area contributed by atoms with Crippen LogP contribution in [0, 0.1) is 13.8 Å². The number of sulfonamides is 1. The van der Waals surface area contributed by atoms with Gasteiger partial charge < -0.3 is 9.26 Å². The molecule has 2 aromatic rings. The third kappa shape index (κ3) is 2.58. The van der Waals surface area contributed by atoms with E-state index in [1.165, 1.54) is 12.3 Å². The quantitative estimate of drug-likeness (QED) is 0.847. The first kappa shape index (κ1) is 15.6. The molecule has 1 fully saturated rings. The lowest BCUT2D eigenvalue weighted by molar-refractivity contribution is 0.176. The Morgan fingerprint density at radius 3 is 2.96 bits per heavy atom. The largest absolute Gasteiger partial charge is 0.470 e.